The van der Waals surface area contributed by atoms with Crippen LogP contribution in [0.15, 0.2) is 43.1 Å². The van der Waals surface area contributed by atoms with Gasteiger partial charge in [0.1, 0.15) is 0 Å². The molecule has 6 nitrogen and oxygen atoms in total. The van der Waals surface area contributed by atoms with Crippen molar-refractivity contribution in [3.8, 4) is 0 Å². The molecule has 0 aliphatic heterocycles. The lowest BCUT2D eigenvalue weighted by atomic mass is 10.0. The van der Waals surface area contributed by atoms with Crippen molar-refractivity contribution in [3.05, 3.63) is 55.6 Å². The highest BCUT2D eigenvalue weighted by Crippen LogP contribution is 2.28. The van der Waals surface area contributed by atoms with E-state index in [-0.39, 0.29) is 5.69 Å². The Bertz CT molecular complexity index is 1040. The molecule has 2 N–H and O–H groups in total. The van der Waals surface area contributed by atoms with Gasteiger partial charge in [0.25, 0.3) is 0 Å². The van der Waals surface area contributed by atoms with Gasteiger partial charge < -0.3 is 14.4 Å². The summed E-state index contributed by atoms with van der Waals surface area (Å²) in [5.74, 6) is 0. The summed E-state index contributed by atoms with van der Waals surface area (Å²) in [6.07, 6.45) is 0. The minimum Gasteiger partial charge on any atom is -0.386 e. The standard InChI is InChI=1S/C13H6N2O4/c16-11-5-1-3-7-10-8(15-13(18)14-7)4-2-6(9(5)10)12(17)19-11/h1-4H,(H2,14,15,18). The molecule has 0 amide bonds. The molecule has 2 aromatic heterocycles. The molecule has 2 heterocycles. The van der Waals surface area contributed by atoms with Crippen LogP contribution < -0.4 is 16.9 Å². The molecule has 0 bridgehead atoms. The minimum absolute atomic E-state index is 0.327. The average Bonchev–Trinajstić information content (AvgIpc) is 2.37. The summed E-state index contributed by atoms with van der Waals surface area (Å²) in [4.78, 5) is 40.2. The monoisotopic (exact) mass is 254 g/mol. The van der Waals surface area contributed by atoms with E-state index in [1.807, 2.05) is 0 Å². The van der Waals surface area contributed by atoms with Crippen LogP contribution in [0.5, 0.6) is 0 Å². The molecule has 2 aromatic carbocycles. The zero-order chi connectivity index (χ0) is 13.1. The molecule has 0 unspecified atom stereocenters. The molecule has 0 radical (unpaired) electrons. The van der Waals surface area contributed by atoms with Crippen LogP contribution in [0.1, 0.15) is 0 Å². The molecular formula is C13H6N2O4. The Balaban J connectivity index is 2.56. The van der Waals surface area contributed by atoms with Crippen molar-refractivity contribution >= 4 is 32.6 Å². The van der Waals surface area contributed by atoms with Crippen LogP contribution in [-0.2, 0) is 0 Å². The van der Waals surface area contributed by atoms with E-state index in [0.29, 0.717) is 32.6 Å². The highest BCUT2D eigenvalue weighted by molar-refractivity contribution is 6.20. The van der Waals surface area contributed by atoms with Gasteiger partial charge in [0, 0.05) is 10.8 Å². The van der Waals surface area contributed by atoms with Crippen molar-refractivity contribution in [1.29, 1.82) is 0 Å². The molecular weight excluding hydrogens is 248 g/mol. The highest BCUT2D eigenvalue weighted by Gasteiger charge is 2.14. The van der Waals surface area contributed by atoms with Gasteiger partial charge in [0.2, 0.25) is 0 Å². The quantitative estimate of drug-likeness (QED) is 0.456. The van der Waals surface area contributed by atoms with Crippen molar-refractivity contribution in [1.82, 2.24) is 9.97 Å². The number of hydrogen-bond donors (Lipinski definition) is 2. The molecule has 4 rings (SSSR count). The molecule has 0 saturated carbocycles. The van der Waals surface area contributed by atoms with E-state index in [1.165, 1.54) is 0 Å². The average molecular weight is 254 g/mol. The molecule has 6 heteroatoms. The van der Waals surface area contributed by atoms with E-state index >= 15 is 0 Å². The Labute approximate surface area is 103 Å². The normalized spacial score (nSPS) is 11.8. The fourth-order valence-electron chi connectivity index (χ4n) is 2.51. The molecule has 0 fully saturated rings. The van der Waals surface area contributed by atoms with Crippen molar-refractivity contribution in [2.24, 2.45) is 0 Å². The van der Waals surface area contributed by atoms with Crippen LogP contribution in [0.2, 0.25) is 0 Å². The third kappa shape index (κ3) is 1.17. The second-order valence-corrected chi connectivity index (χ2v) is 4.33. The Morgan fingerprint density at radius 1 is 0.737 bits per heavy atom. The van der Waals surface area contributed by atoms with E-state index in [2.05, 4.69) is 14.4 Å². The van der Waals surface area contributed by atoms with Gasteiger partial charge in [-0.2, -0.15) is 0 Å². The van der Waals surface area contributed by atoms with Crippen LogP contribution in [0, 0.1) is 0 Å². The first-order valence-corrected chi connectivity index (χ1v) is 5.59. The minimum atomic E-state index is -0.668. The lowest BCUT2D eigenvalue weighted by Gasteiger charge is -2.07. The topological polar surface area (TPSA) is 95.9 Å². The summed E-state index contributed by atoms with van der Waals surface area (Å²) in [6, 6.07) is 6.35. The molecule has 92 valence electrons. The maximum atomic E-state index is 11.7. The summed E-state index contributed by atoms with van der Waals surface area (Å²) in [5, 5.41) is 1.82. The molecule has 19 heavy (non-hydrogen) atoms. The zero-order valence-electron chi connectivity index (χ0n) is 9.44. The van der Waals surface area contributed by atoms with E-state index < -0.39 is 11.3 Å². The summed E-state index contributed by atoms with van der Waals surface area (Å²) in [6.45, 7) is 0. The van der Waals surface area contributed by atoms with Gasteiger partial charge in [-0.1, -0.05) is 0 Å². The van der Waals surface area contributed by atoms with E-state index in [4.69, 9.17) is 0 Å². The lowest BCUT2D eigenvalue weighted by molar-refractivity contribution is 0.489. The number of aromatic nitrogens is 2. The Hall–Kier alpha value is -2.89. The number of H-pyrrole nitrogens is 2. The second-order valence-electron chi connectivity index (χ2n) is 4.33. The molecule has 0 atom stereocenters. The Kier molecular flexibility index (Phi) is 1.65. The van der Waals surface area contributed by atoms with Crippen LogP contribution in [0.3, 0.4) is 0 Å². The Morgan fingerprint density at radius 2 is 1.26 bits per heavy atom. The molecule has 4 aromatic rings. The van der Waals surface area contributed by atoms with Crippen LogP contribution in [0.25, 0.3) is 32.6 Å². The number of benzene rings is 2. The number of hydrogen-bond acceptors (Lipinski definition) is 4. The van der Waals surface area contributed by atoms with Gasteiger partial charge in [-0.3, -0.25) is 0 Å². The molecule has 0 aliphatic carbocycles. The lowest BCUT2D eigenvalue weighted by Crippen LogP contribution is -2.14. The van der Waals surface area contributed by atoms with Gasteiger partial charge in [0.15, 0.2) is 0 Å². The zero-order valence-corrected chi connectivity index (χ0v) is 9.44. The molecule has 0 spiro atoms. The summed E-state index contributed by atoms with van der Waals surface area (Å²) in [7, 11) is 0. The first-order valence-electron chi connectivity index (χ1n) is 5.59. The van der Waals surface area contributed by atoms with E-state index in [0.717, 1.165) is 0 Å². The van der Waals surface area contributed by atoms with Crippen LogP contribution >= 0.6 is 0 Å². The summed E-state index contributed by atoms with van der Waals surface area (Å²) in [5.41, 5.74) is -0.542. The third-order valence-corrected chi connectivity index (χ3v) is 3.28. The van der Waals surface area contributed by atoms with Gasteiger partial charge in [0.05, 0.1) is 21.8 Å². The SMILES string of the molecule is O=c1[nH]c2ccc3c(=O)oc(=O)c4ccc([nH]1)c2c34. The van der Waals surface area contributed by atoms with Gasteiger partial charge in [-0.05, 0) is 24.3 Å². The second kappa shape index (κ2) is 3.11. The van der Waals surface area contributed by atoms with Gasteiger partial charge >= 0.3 is 16.9 Å². The van der Waals surface area contributed by atoms with Crippen LogP contribution in [-0.4, -0.2) is 9.97 Å². The van der Waals surface area contributed by atoms with E-state index in [9.17, 15) is 14.4 Å². The maximum absolute atomic E-state index is 11.7. The number of nitrogens with one attached hydrogen (secondary N) is 2. The van der Waals surface area contributed by atoms with Crippen molar-refractivity contribution in [3.63, 3.8) is 0 Å². The summed E-state index contributed by atoms with van der Waals surface area (Å²) < 4.78 is 4.67. The fourth-order valence-corrected chi connectivity index (χ4v) is 2.51. The van der Waals surface area contributed by atoms with Gasteiger partial charge in [-0.15, -0.1) is 0 Å². The van der Waals surface area contributed by atoms with Gasteiger partial charge in [-0.25, -0.2) is 14.4 Å². The smallest absolute Gasteiger partial charge is 0.346 e. The summed E-state index contributed by atoms with van der Waals surface area (Å²) >= 11 is 0. The maximum Gasteiger partial charge on any atom is 0.346 e. The van der Waals surface area contributed by atoms with Crippen molar-refractivity contribution < 1.29 is 4.42 Å². The predicted molar refractivity (Wildman–Crippen MR) is 69.9 cm³/mol. The van der Waals surface area contributed by atoms with Crippen molar-refractivity contribution in [2.45, 2.75) is 0 Å². The first kappa shape index (κ1) is 10.1. The Morgan fingerprint density at radius 3 is 1.79 bits per heavy atom. The number of aromatic amines is 2. The highest BCUT2D eigenvalue weighted by atomic mass is 16.4. The first-order chi connectivity index (χ1) is 9.15. The molecule has 0 saturated heterocycles. The predicted octanol–water partition coefficient (Wildman–Crippen LogP) is 0.914. The van der Waals surface area contributed by atoms with Crippen LogP contribution in [0.4, 0.5) is 0 Å². The largest absolute Gasteiger partial charge is 0.386 e. The van der Waals surface area contributed by atoms with E-state index in [1.54, 1.807) is 24.3 Å². The van der Waals surface area contributed by atoms with Crippen molar-refractivity contribution in [2.75, 3.05) is 0 Å². The third-order valence-electron chi connectivity index (χ3n) is 3.28. The number of rotatable bonds is 0. The fraction of sp³-hybridized carbons (Fsp3) is 0. The molecule has 0 aliphatic rings.